The van der Waals surface area contributed by atoms with Crippen molar-refractivity contribution in [2.24, 2.45) is 10.1 Å². The molecule has 0 aliphatic rings. The van der Waals surface area contributed by atoms with Crippen LogP contribution in [0.3, 0.4) is 0 Å². The van der Waals surface area contributed by atoms with Crippen LogP contribution in [0.5, 0.6) is 5.75 Å². The van der Waals surface area contributed by atoms with Gasteiger partial charge >= 0.3 is 0 Å². The Morgan fingerprint density at radius 2 is 1.81 bits per heavy atom. The zero-order valence-electron chi connectivity index (χ0n) is 13.0. The zero-order chi connectivity index (χ0) is 16.2. The summed E-state index contributed by atoms with van der Waals surface area (Å²) < 4.78 is 28.1. The van der Waals surface area contributed by atoms with Gasteiger partial charge in [-0.25, -0.2) is 18.5 Å². The van der Waals surface area contributed by atoms with Crippen LogP contribution in [0.15, 0.2) is 28.1 Å². The lowest BCUT2D eigenvalue weighted by molar-refractivity contribution is 0.402. The summed E-state index contributed by atoms with van der Waals surface area (Å²) in [6, 6.07) is 4.83. The summed E-state index contributed by atoms with van der Waals surface area (Å²) in [5, 5.41) is 5.19. The van der Waals surface area contributed by atoms with Gasteiger partial charge in [0.2, 0.25) is 10.0 Å². The summed E-state index contributed by atoms with van der Waals surface area (Å²) in [5.74, 6) is 1.01. The molecule has 0 aliphatic carbocycles. The maximum atomic E-state index is 11.6. The van der Waals surface area contributed by atoms with Crippen LogP contribution in [0.4, 0.5) is 0 Å². The molecule has 0 heterocycles. The number of rotatable bonds is 4. The summed E-state index contributed by atoms with van der Waals surface area (Å²) in [6.07, 6.45) is 0. The van der Waals surface area contributed by atoms with Crippen molar-refractivity contribution in [1.29, 1.82) is 0 Å². The average molecular weight is 314 g/mol. The highest BCUT2D eigenvalue weighted by molar-refractivity contribution is 7.89. The number of ether oxygens (including phenoxy) is 1. The Hall–Kier alpha value is -1.80. The van der Waals surface area contributed by atoms with Gasteiger partial charge in [-0.05, 0) is 17.7 Å². The maximum absolute atomic E-state index is 11.6. The molecule has 1 rings (SSSR count). The van der Waals surface area contributed by atoms with Gasteiger partial charge < -0.3 is 14.5 Å². The number of methoxy groups -OCH3 is 1. The molecule has 0 aromatic heterocycles. The highest BCUT2D eigenvalue weighted by Crippen LogP contribution is 2.24. The monoisotopic (exact) mass is 314 g/mol. The Bertz CT molecular complexity index is 614. The van der Waals surface area contributed by atoms with Crippen LogP contribution in [-0.4, -0.2) is 59.5 Å². The van der Waals surface area contributed by atoms with E-state index < -0.39 is 10.0 Å². The van der Waals surface area contributed by atoms with Crippen LogP contribution in [-0.2, 0) is 16.6 Å². The van der Waals surface area contributed by atoms with Gasteiger partial charge in [-0.1, -0.05) is 6.07 Å². The third-order valence-electron chi connectivity index (χ3n) is 2.74. The predicted octanol–water partition coefficient (Wildman–Crippen LogP) is 0.322. The van der Waals surface area contributed by atoms with Gasteiger partial charge in [-0.2, -0.15) is 0 Å². The van der Waals surface area contributed by atoms with E-state index >= 15 is 0 Å². The second kappa shape index (κ2) is 6.77. The molecule has 0 unspecified atom stereocenters. The Morgan fingerprint density at radius 3 is 2.24 bits per heavy atom. The molecule has 1 aromatic carbocycles. The van der Waals surface area contributed by atoms with E-state index in [0.717, 1.165) is 11.5 Å². The lowest BCUT2D eigenvalue weighted by Crippen LogP contribution is -2.35. The highest BCUT2D eigenvalue weighted by atomic mass is 32.2. The Labute approximate surface area is 126 Å². The first-order chi connectivity index (χ1) is 9.66. The van der Waals surface area contributed by atoms with Gasteiger partial charge in [0, 0.05) is 28.2 Å². The number of benzene rings is 1. The first kappa shape index (κ1) is 17.3. The minimum atomic E-state index is -3.83. The van der Waals surface area contributed by atoms with Gasteiger partial charge in [-0.15, -0.1) is 0 Å². The number of sulfonamides is 1. The topological polar surface area (TPSA) is 88.2 Å². The smallest absolute Gasteiger partial charge is 0.241 e. The fraction of sp³-hybridized carbons (Fsp3) is 0.462. The zero-order valence-corrected chi connectivity index (χ0v) is 13.8. The molecule has 0 atom stereocenters. The molecule has 0 saturated heterocycles. The number of guanidine groups is 1. The van der Waals surface area contributed by atoms with E-state index in [2.05, 4.69) is 4.99 Å². The van der Waals surface area contributed by atoms with Crippen molar-refractivity contribution >= 4 is 16.0 Å². The summed E-state index contributed by atoms with van der Waals surface area (Å²) in [6.45, 7) is 0.345. The van der Waals surface area contributed by atoms with Gasteiger partial charge in [0.15, 0.2) is 5.96 Å². The van der Waals surface area contributed by atoms with E-state index in [0.29, 0.717) is 6.54 Å². The van der Waals surface area contributed by atoms with Gasteiger partial charge in [-0.3, -0.25) is 0 Å². The molecule has 0 bridgehead atoms. The maximum Gasteiger partial charge on any atom is 0.241 e. The molecule has 8 heteroatoms. The molecular formula is C13H22N4O3S. The van der Waals surface area contributed by atoms with E-state index in [1.165, 1.54) is 13.2 Å². The number of hydrogen-bond donors (Lipinski definition) is 1. The van der Waals surface area contributed by atoms with Crippen molar-refractivity contribution < 1.29 is 13.2 Å². The molecule has 21 heavy (non-hydrogen) atoms. The highest BCUT2D eigenvalue weighted by Gasteiger charge is 2.15. The van der Waals surface area contributed by atoms with E-state index in [-0.39, 0.29) is 10.6 Å². The summed E-state index contributed by atoms with van der Waals surface area (Å²) >= 11 is 0. The molecule has 7 nitrogen and oxygen atoms in total. The van der Waals surface area contributed by atoms with Crippen LogP contribution < -0.4 is 9.88 Å². The third kappa shape index (κ3) is 4.61. The van der Waals surface area contributed by atoms with Crippen LogP contribution in [0, 0.1) is 0 Å². The lowest BCUT2D eigenvalue weighted by Gasteiger charge is -2.22. The summed E-state index contributed by atoms with van der Waals surface area (Å²) in [4.78, 5) is 8.19. The van der Waals surface area contributed by atoms with Crippen LogP contribution in [0.25, 0.3) is 0 Å². The number of primary sulfonamides is 1. The minimum Gasteiger partial charge on any atom is -0.495 e. The minimum absolute atomic E-state index is 0.0334. The van der Waals surface area contributed by atoms with E-state index in [1.54, 1.807) is 12.1 Å². The normalized spacial score (nSPS) is 11.0. The van der Waals surface area contributed by atoms with Crippen LogP contribution >= 0.6 is 0 Å². The quantitative estimate of drug-likeness (QED) is 0.639. The second-order valence-electron chi connectivity index (χ2n) is 4.94. The average Bonchev–Trinajstić information content (AvgIpc) is 2.36. The lowest BCUT2D eigenvalue weighted by atomic mass is 10.2. The number of nitrogens with two attached hydrogens (primary N) is 1. The van der Waals surface area contributed by atoms with Crippen molar-refractivity contribution in [3.8, 4) is 5.75 Å². The van der Waals surface area contributed by atoms with Crippen molar-refractivity contribution in [3.63, 3.8) is 0 Å². The third-order valence-corrected chi connectivity index (χ3v) is 3.67. The van der Waals surface area contributed by atoms with E-state index in [1.807, 2.05) is 38.0 Å². The van der Waals surface area contributed by atoms with Gasteiger partial charge in [0.05, 0.1) is 13.7 Å². The second-order valence-corrected chi connectivity index (χ2v) is 6.47. The van der Waals surface area contributed by atoms with E-state index in [4.69, 9.17) is 9.88 Å². The first-order valence-corrected chi connectivity index (χ1v) is 7.80. The van der Waals surface area contributed by atoms with Crippen molar-refractivity contribution in [3.05, 3.63) is 23.8 Å². The molecule has 0 fully saturated rings. The molecule has 0 aliphatic heterocycles. The van der Waals surface area contributed by atoms with Crippen molar-refractivity contribution in [1.82, 2.24) is 9.80 Å². The SMILES string of the molecule is COc1ccc(CN=C(N(C)C)N(C)C)cc1S(N)(=O)=O. The molecular weight excluding hydrogens is 292 g/mol. The van der Waals surface area contributed by atoms with Crippen LogP contribution in [0.2, 0.25) is 0 Å². The molecule has 0 amide bonds. The Balaban J connectivity index is 3.14. The fourth-order valence-electron chi connectivity index (χ4n) is 1.89. The summed E-state index contributed by atoms with van der Waals surface area (Å²) in [7, 11) is 5.13. The molecule has 1 aromatic rings. The standard InChI is InChI=1S/C13H22N4O3S/c1-16(2)13(17(3)4)15-9-10-6-7-11(20-5)12(8-10)21(14,18)19/h6-8H,9H2,1-5H3,(H2,14,18,19). The largest absolute Gasteiger partial charge is 0.495 e. The number of nitrogens with zero attached hydrogens (tertiary/aromatic N) is 3. The van der Waals surface area contributed by atoms with Crippen molar-refractivity contribution in [2.75, 3.05) is 35.3 Å². The summed E-state index contributed by atoms with van der Waals surface area (Å²) in [5.41, 5.74) is 0.737. The van der Waals surface area contributed by atoms with Gasteiger partial charge in [0.25, 0.3) is 0 Å². The number of hydrogen-bond acceptors (Lipinski definition) is 4. The molecule has 0 radical (unpaired) electrons. The Morgan fingerprint density at radius 1 is 1.24 bits per heavy atom. The molecule has 0 spiro atoms. The predicted molar refractivity (Wildman–Crippen MR) is 82.9 cm³/mol. The molecule has 2 N–H and O–H groups in total. The molecule has 118 valence electrons. The fourth-order valence-corrected chi connectivity index (χ4v) is 2.63. The number of aliphatic imine (C=N–C) groups is 1. The van der Waals surface area contributed by atoms with Crippen LogP contribution in [0.1, 0.15) is 5.56 Å². The van der Waals surface area contributed by atoms with Gasteiger partial charge in [0.1, 0.15) is 10.6 Å². The first-order valence-electron chi connectivity index (χ1n) is 6.25. The Kier molecular flexibility index (Phi) is 5.56. The van der Waals surface area contributed by atoms with E-state index in [9.17, 15) is 8.42 Å². The van der Waals surface area contributed by atoms with Crippen molar-refractivity contribution in [2.45, 2.75) is 11.4 Å². The molecule has 0 saturated carbocycles.